The zero-order valence-corrected chi connectivity index (χ0v) is 10.4. The van der Waals surface area contributed by atoms with E-state index in [0.717, 1.165) is 0 Å². The summed E-state index contributed by atoms with van der Waals surface area (Å²) < 4.78 is 0. The number of hydrogen-bond donors (Lipinski definition) is 1. The number of rotatable bonds is 2. The summed E-state index contributed by atoms with van der Waals surface area (Å²) in [6, 6.07) is 9.11. The van der Waals surface area contributed by atoms with Gasteiger partial charge in [-0.15, -0.1) is 0 Å². The van der Waals surface area contributed by atoms with E-state index in [2.05, 4.69) is 30.3 Å². The van der Waals surface area contributed by atoms with Crippen LogP contribution in [0.3, 0.4) is 0 Å². The first-order chi connectivity index (χ1) is 8.34. The molecule has 1 aromatic carbocycles. The summed E-state index contributed by atoms with van der Waals surface area (Å²) in [4.78, 5) is 0. The number of hydrogen-bond acceptors (Lipinski definition) is 1. The Bertz CT molecular complexity index is 408. The van der Waals surface area contributed by atoms with Crippen LogP contribution < -0.4 is 5.73 Å². The lowest BCUT2D eigenvalue weighted by Crippen LogP contribution is -2.33. The second-order valence-corrected chi connectivity index (χ2v) is 5.49. The average Bonchev–Trinajstić information content (AvgIpc) is 2.82. The average molecular weight is 227 g/mol. The second kappa shape index (κ2) is 4.66. The third-order valence-corrected chi connectivity index (χ3v) is 4.34. The molecule has 0 spiro atoms. The molecule has 0 saturated heterocycles. The molecule has 1 aromatic rings. The number of nitrogens with two attached hydrogens (primary N) is 1. The van der Waals surface area contributed by atoms with Gasteiger partial charge in [-0.05, 0) is 55.6 Å². The number of benzene rings is 1. The summed E-state index contributed by atoms with van der Waals surface area (Å²) in [6.07, 6.45) is 9.90. The van der Waals surface area contributed by atoms with Crippen LogP contribution in [-0.4, -0.2) is 6.04 Å². The second-order valence-electron chi connectivity index (χ2n) is 5.49. The van der Waals surface area contributed by atoms with E-state index >= 15 is 0 Å². The Morgan fingerprint density at radius 1 is 1.06 bits per heavy atom. The molecule has 0 heterocycles. The molecule has 1 atom stereocenters. The summed E-state index contributed by atoms with van der Waals surface area (Å²) in [5, 5.41) is 0. The van der Waals surface area contributed by atoms with Crippen molar-refractivity contribution in [3.05, 3.63) is 47.0 Å². The normalized spacial score (nSPS) is 22.1. The Labute approximate surface area is 104 Å². The van der Waals surface area contributed by atoms with E-state index in [4.69, 9.17) is 5.73 Å². The molecule has 17 heavy (non-hydrogen) atoms. The predicted octanol–water partition coefficient (Wildman–Crippen LogP) is 3.23. The lowest BCUT2D eigenvalue weighted by atomic mass is 9.85. The van der Waals surface area contributed by atoms with Crippen LogP contribution in [-0.2, 0) is 12.8 Å². The first-order valence-corrected chi connectivity index (χ1v) is 6.86. The molecule has 0 saturated carbocycles. The molecule has 3 rings (SSSR count). The van der Waals surface area contributed by atoms with Gasteiger partial charge in [0, 0.05) is 6.04 Å². The molecule has 1 heteroatoms. The van der Waals surface area contributed by atoms with Crippen molar-refractivity contribution in [3.8, 4) is 0 Å². The van der Waals surface area contributed by atoms with Gasteiger partial charge in [-0.3, -0.25) is 0 Å². The van der Waals surface area contributed by atoms with Gasteiger partial charge in [-0.1, -0.05) is 35.9 Å². The van der Waals surface area contributed by atoms with E-state index < -0.39 is 0 Å². The molecular weight excluding hydrogens is 206 g/mol. The van der Waals surface area contributed by atoms with Crippen molar-refractivity contribution in [1.29, 1.82) is 0 Å². The van der Waals surface area contributed by atoms with E-state index in [9.17, 15) is 0 Å². The van der Waals surface area contributed by atoms with Gasteiger partial charge in [-0.25, -0.2) is 0 Å². The molecule has 0 radical (unpaired) electrons. The molecule has 0 fully saturated rings. The molecule has 90 valence electrons. The smallest absolute Gasteiger partial charge is 0.0288 e. The Kier molecular flexibility index (Phi) is 3.02. The van der Waals surface area contributed by atoms with Crippen LogP contribution in [0.4, 0.5) is 0 Å². The van der Waals surface area contributed by atoms with Gasteiger partial charge in [0.25, 0.3) is 0 Å². The molecule has 2 aliphatic rings. The fourth-order valence-electron chi connectivity index (χ4n) is 3.32. The van der Waals surface area contributed by atoms with Crippen molar-refractivity contribution >= 4 is 0 Å². The third-order valence-electron chi connectivity index (χ3n) is 4.34. The Hall–Kier alpha value is -1.08. The molecule has 0 bridgehead atoms. The summed E-state index contributed by atoms with van der Waals surface area (Å²) in [7, 11) is 0. The van der Waals surface area contributed by atoms with Crippen molar-refractivity contribution in [1.82, 2.24) is 0 Å². The molecule has 0 aliphatic heterocycles. The molecular formula is C16H21N. The van der Waals surface area contributed by atoms with Crippen LogP contribution in [0.25, 0.3) is 0 Å². The standard InChI is InChI=1S/C16H21N/c17-16(12-6-2-1-3-7-12)15-10-13-8-4-5-9-14(13)11-15/h4-6,8-9,15-16H,1-3,7,10-11,17H2. The zero-order valence-electron chi connectivity index (χ0n) is 10.4. The fourth-order valence-corrected chi connectivity index (χ4v) is 3.32. The van der Waals surface area contributed by atoms with Crippen LogP contribution in [0.5, 0.6) is 0 Å². The summed E-state index contributed by atoms with van der Waals surface area (Å²) in [6.45, 7) is 0. The topological polar surface area (TPSA) is 26.0 Å². The Balaban J connectivity index is 1.73. The SMILES string of the molecule is NC(C1=CCCCC1)C1Cc2ccccc2C1. The highest BCUT2D eigenvalue weighted by Crippen LogP contribution is 2.32. The van der Waals surface area contributed by atoms with Gasteiger partial charge in [0.15, 0.2) is 0 Å². The zero-order chi connectivity index (χ0) is 11.7. The fraction of sp³-hybridized carbons (Fsp3) is 0.500. The first kappa shape index (κ1) is 11.0. The molecule has 1 unspecified atom stereocenters. The third kappa shape index (κ3) is 2.16. The lowest BCUT2D eigenvalue weighted by molar-refractivity contribution is 0.462. The highest BCUT2D eigenvalue weighted by molar-refractivity contribution is 5.34. The van der Waals surface area contributed by atoms with Crippen molar-refractivity contribution in [2.45, 2.75) is 44.6 Å². The summed E-state index contributed by atoms with van der Waals surface area (Å²) in [5.41, 5.74) is 11.0. The van der Waals surface area contributed by atoms with Gasteiger partial charge in [-0.2, -0.15) is 0 Å². The predicted molar refractivity (Wildman–Crippen MR) is 71.9 cm³/mol. The molecule has 2 aliphatic carbocycles. The van der Waals surface area contributed by atoms with Gasteiger partial charge in [0.2, 0.25) is 0 Å². The molecule has 0 amide bonds. The highest BCUT2D eigenvalue weighted by atomic mass is 14.7. The van der Waals surface area contributed by atoms with Gasteiger partial charge in [0.05, 0.1) is 0 Å². The monoisotopic (exact) mass is 227 g/mol. The van der Waals surface area contributed by atoms with Crippen LogP contribution >= 0.6 is 0 Å². The van der Waals surface area contributed by atoms with E-state index in [-0.39, 0.29) is 0 Å². The van der Waals surface area contributed by atoms with Gasteiger partial charge >= 0.3 is 0 Å². The minimum atomic E-state index is 0.294. The van der Waals surface area contributed by atoms with Crippen LogP contribution in [0.1, 0.15) is 36.8 Å². The van der Waals surface area contributed by atoms with Crippen molar-refractivity contribution in [2.75, 3.05) is 0 Å². The largest absolute Gasteiger partial charge is 0.324 e. The first-order valence-electron chi connectivity index (χ1n) is 6.86. The highest BCUT2D eigenvalue weighted by Gasteiger charge is 2.28. The molecule has 0 aromatic heterocycles. The van der Waals surface area contributed by atoms with E-state index in [1.165, 1.54) is 55.2 Å². The number of fused-ring (bicyclic) bond motifs is 1. The quantitative estimate of drug-likeness (QED) is 0.771. The minimum absolute atomic E-state index is 0.294. The van der Waals surface area contributed by atoms with Crippen LogP contribution in [0.15, 0.2) is 35.9 Å². The maximum absolute atomic E-state index is 6.46. The minimum Gasteiger partial charge on any atom is -0.324 e. The molecule has 2 N–H and O–H groups in total. The van der Waals surface area contributed by atoms with E-state index in [1.807, 2.05) is 0 Å². The van der Waals surface area contributed by atoms with Gasteiger partial charge < -0.3 is 5.73 Å². The van der Waals surface area contributed by atoms with E-state index in [0.29, 0.717) is 12.0 Å². The molecule has 1 nitrogen and oxygen atoms in total. The lowest BCUT2D eigenvalue weighted by Gasteiger charge is -2.24. The summed E-state index contributed by atoms with van der Waals surface area (Å²) in [5.74, 6) is 0.636. The number of allylic oxidation sites excluding steroid dienone is 1. The van der Waals surface area contributed by atoms with E-state index in [1.54, 1.807) is 0 Å². The maximum Gasteiger partial charge on any atom is 0.0288 e. The van der Waals surface area contributed by atoms with Crippen molar-refractivity contribution in [2.24, 2.45) is 11.7 Å². The Morgan fingerprint density at radius 3 is 2.35 bits per heavy atom. The van der Waals surface area contributed by atoms with Crippen molar-refractivity contribution in [3.63, 3.8) is 0 Å². The maximum atomic E-state index is 6.46. The Morgan fingerprint density at radius 2 is 1.76 bits per heavy atom. The van der Waals surface area contributed by atoms with Crippen LogP contribution in [0.2, 0.25) is 0 Å². The van der Waals surface area contributed by atoms with Crippen molar-refractivity contribution < 1.29 is 0 Å². The van der Waals surface area contributed by atoms with Crippen LogP contribution in [0, 0.1) is 5.92 Å². The van der Waals surface area contributed by atoms with Gasteiger partial charge in [0.1, 0.15) is 0 Å². The summed E-state index contributed by atoms with van der Waals surface area (Å²) >= 11 is 0.